The third kappa shape index (κ3) is 0.968. The molecule has 2 rings (SSSR count). The first-order valence-electron chi connectivity index (χ1n) is 3.28. The van der Waals surface area contributed by atoms with Crippen LogP contribution in [-0.2, 0) is 0 Å². The van der Waals surface area contributed by atoms with Gasteiger partial charge < -0.3 is 5.32 Å². The maximum absolute atomic E-state index is 4.19. The molecular formula is C7H8N2S. The molecule has 0 atom stereocenters. The lowest BCUT2D eigenvalue weighted by atomic mass is 10.4. The van der Waals surface area contributed by atoms with Gasteiger partial charge in [0.1, 0.15) is 5.82 Å². The molecule has 52 valence electrons. The van der Waals surface area contributed by atoms with Gasteiger partial charge in [-0.15, -0.1) is 11.8 Å². The zero-order valence-electron chi connectivity index (χ0n) is 5.50. The third-order valence-corrected chi connectivity index (χ3v) is 2.47. The summed E-state index contributed by atoms with van der Waals surface area (Å²) >= 11 is 1.86. The number of hydrogen-bond donors (Lipinski definition) is 1. The van der Waals surface area contributed by atoms with Gasteiger partial charge >= 0.3 is 0 Å². The van der Waals surface area contributed by atoms with Gasteiger partial charge in [0.05, 0.1) is 0 Å². The first-order valence-corrected chi connectivity index (χ1v) is 4.27. The maximum Gasteiger partial charge on any atom is 0.139 e. The molecule has 3 heteroatoms. The van der Waals surface area contributed by atoms with E-state index >= 15 is 0 Å². The number of hydrogen-bond acceptors (Lipinski definition) is 3. The summed E-state index contributed by atoms with van der Waals surface area (Å²) in [6.45, 7) is 1.04. The van der Waals surface area contributed by atoms with Crippen molar-refractivity contribution in [3.8, 4) is 0 Å². The molecule has 0 radical (unpaired) electrons. The highest BCUT2D eigenvalue weighted by Gasteiger charge is 2.07. The van der Waals surface area contributed by atoms with E-state index in [-0.39, 0.29) is 0 Å². The molecule has 0 bridgehead atoms. The first kappa shape index (κ1) is 6.04. The number of thioether (sulfide) groups is 1. The predicted octanol–water partition coefficient (Wildman–Crippen LogP) is 1.60. The van der Waals surface area contributed by atoms with Crippen molar-refractivity contribution in [1.29, 1.82) is 0 Å². The Morgan fingerprint density at radius 1 is 1.60 bits per heavy atom. The molecule has 0 amide bonds. The van der Waals surface area contributed by atoms with E-state index < -0.39 is 0 Å². The smallest absolute Gasteiger partial charge is 0.139 e. The Kier molecular flexibility index (Phi) is 1.51. The van der Waals surface area contributed by atoms with E-state index in [9.17, 15) is 0 Å². The topological polar surface area (TPSA) is 24.9 Å². The van der Waals surface area contributed by atoms with E-state index in [0.29, 0.717) is 0 Å². The molecule has 1 aromatic rings. The van der Waals surface area contributed by atoms with Crippen LogP contribution in [0.2, 0.25) is 0 Å². The van der Waals surface area contributed by atoms with Gasteiger partial charge in [0.2, 0.25) is 0 Å². The van der Waals surface area contributed by atoms with E-state index in [0.717, 1.165) is 18.1 Å². The molecule has 0 spiro atoms. The lowest BCUT2D eigenvalue weighted by Gasteiger charge is -2.14. The zero-order chi connectivity index (χ0) is 6.81. The highest BCUT2D eigenvalue weighted by molar-refractivity contribution is 7.99. The van der Waals surface area contributed by atoms with Crippen LogP contribution in [0.4, 0.5) is 5.82 Å². The number of nitrogens with one attached hydrogen (secondary N) is 1. The van der Waals surface area contributed by atoms with E-state index in [2.05, 4.69) is 16.4 Å². The number of aromatic nitrogens is 1. The van der Waals surface area contributed by atoms with Crippen LogP contribution in [0.1, 0.15) is 0 Å². The molecule has 1 aromatic heterocycles. The molecular weight excluding hydrogens is 144 g/mol. The molecule has 0 aliphatic carbocycles. The van der Waals surface area contributed by atoms with Gasteiger partial charge in [0, 0.05) is 23.4 Å². The van der Waals surface area contributed by atoms with Crippen molar-refractivity contribution in [1.82, 2.24) is 4.98 Å². The molecule has 1 N–H and O–H groups in total. The standard InChI is InChI=1S/C7H8N2S/c1-2-6-7(8-3-1)9-4-5-10-6/h1-3H,4-5H2,(H,8,9). The fraction of sp³-hybridized carbons (Fsp3) is 0.286. The fourth-order valence-corrected chi connectivity index (χ4v) is 1.83. The molecule has 2 nitrogen and oxygen atoms in total. The second-order valence-corrected chi connectivity index (χ2v) is 3.26. The first-order chi connectivity index (χ1) is 4.97. The van der Waals surface area contributed by atoms with Crippen LogP contribution in [0, 0.1) is 0 Å². The average molecular weight is 152 g/mol. The van der Waals surface area contributed by atoms with Gasteiger partial charge in [0.25, 0.3) is 0 Å². The highest BCUT2D eigenvalue weighted by atomic mass is 32.2. The summed E-state index contributed by atoms with van der Waals surface area (Å²) < 4.78 is 0. The van der Waals surface area contributed by atoms with Crippen molar-refractivity contribution in [3.63, 3.8) is 0 Å². The van der Waals surface area contributed by atoms with Crippen molar-refractivity contribution in [3.05, 3.63) is 18.3 Å². The van der Waals surface area contributed by atoms with Gasteiger partial charge in [-0.05, 0) is 12.1 Å². The number of nitrogens with zero attached hydrogens (tertiary/aromatic N) is 1. The fourth-order valence-electron chi connectivity index (χ4n) is 0.970. The molecule has 1 aliphatic heterocycles. The third-order valence-electron chi connectivity index (χ3n) is 1.42. The van der Waals surface area contributed by atoms with Crippen LogP contribution >= 0.6 is 11.8 Å². The molecule has 0 unspecified atom stereocenters. The SMILES string of the molecule is c1cnc2c(c1)SCCN2. The van der Waals surface area contributed by atoms with Crippen LogP contribution in [0.15, 0.2) is 23.2 Å². The Hall–Kier alpha value is -0.700. The van der Waals surface area contributed by atoms with Gasteiger partial charge in [-0.25, -0.2) is 4.98 Å². The lowest BCUT2D eigenvalue weighted by molar-refractivity contribution is 1.10. The van der Waals surface area contributed by atoms with Crippen LogP contribution in [0.5, 0.6) is 0 Å². The highest BCUT2D eigenvalue weighted by Crippen LogP contribution is 2.27. The normalized spacial score (nSPS) is 15.6. The lowest BCUT2D eigenvalue weighted by Crippen LogP contribution is -2.10. The number of pyridine rings is 1. The Morgan fingerprint density at radius 2 is 2.60 bits per heavy atom. The summed E-state index contributed by atoms with van der Waals surface area (Å²) in [7, 11) is 0. The summed E-state index contributed by atoms with van der Waals surface area (Å²) in [5, 5.41) is 3.23. The van der Waals surface area contributed by atoms with Crippen molar-refractivity contribution < 1.29 is 0 Å². The molecule has 10 heavy (non-hydrogen) atoms. The minimum absolute atomic E-state index is 1.04. The minimum Gasteiger partial charge on any atom is -0.368 e. The average Bonchev–Trinajstić information content (AvgIpc) is 2.05. The van der Waals surface area contributed by atoms with Gasteiger partial charge in [-0.1, -0.05) is 0 Å². The van der Waals surface area contributed by atoms with E-state index in [1.807, 2.05) is 24.0 Å². The Bertz CT molecular complexity index is 212. The summed E-state index contributed by atoms with van der Waals surface area (Å²) in [4.78, 5) is 5.46. The molecule has 0 fully saturated rings. The summed E-state index contributed by atoms with van der Waals surface area (Å²) in [6.07, 6.45) is 1.82. The summed E-state index contributed by atoms with van der Waals surface area (Å²) in [5.41, 5.74) is 0. The van der Waals surface area contributed by atoms with Crippen LogP contribution in [0.25, 0.3) is 0 Å². The molecule has 0 saturated heterocycles. The van der Waals surface area contributed by atoms with Crippen molar-refractivity contribution in [2.45, 2.75) is 4.90 Å². The van der Waals surface area contributed by atoms with Gasteiger partial charge in [-0.3, -0.25) is 0 Å². The molecule has 0 saturated carbocycles. The Morgan fingerprint density at radius 3 is 3.50 bits per heavy atom. The van der Waals surface area contributed by atoms with Crippen molar-refractivity contribution in [2.24, 2.45) is 0 Å². The Labute approximate surface area is 64.0 Å². The quantitative estimate of drug-likeness (QED) is 0.611. The van der Waals surface area contributed by atoms with Crippen LogP contribution < -0.4 is 5.32 Å². The maximum atomic E-state index is 4.19. The summed E-state index contributed by atoms with van der Waals surface area (Å²) in [5.74, 6) is 2.19. The minimum atomic E-state index is 1.04. The van der Waals surface area contributed by atoms with E-state index in [4.69, 9.17) is 0 Å². The zero-order valence-corrected chi connectivity index (χ0v) is 6.32. The van der Waals surface area contributed by atoms with Crippen LogP contribution in [0.3, 0.4) is 0 Å². The number of fused-ring (bicyclic) bond motifs is 1. The number of anilines is 1. The molecule has 2 heterocycles. The van der Waals surface area contributed by atoms with E-state index in [1.165, 1.54) is 4.90 Å². The number of rotatable bonds is 0. The molecule has 1 aliphatic rings. The van der Waals surface area contributed by atoms with Crippen LogP contribution in [-0.4, -0.2) is 17.3 Å². The largest absolute Gasteiger partial charge is 0.368 e. The van der Waals surface area contributed by atoms with Crippen molar-refractivity contribution in [2.75, 3.05) is 17.6 Å². The van der Waals surface area contributed by atoms with Gasteiger partial charge in [0.15, 0.2) is 0 Å². The van der Waals surface area contributed by atoms with Crippen molar-refractivity contribution >= 4 is 17.6 Å². The van der Waals surface area contributed by atoms with E-state index in [1.54, 1.807) is 0 Å². The monoisotopic (exact) mass is 152 g/mol. The van der Waals surface area contributed by atoms with Gasteiger partial charge in [-0.2, -0.15) is 0 Å². The second kappa shape index (κ2) is 2.50. The summed E-state index contributed by atoms with van der Waals surface area (Å²) in [6, 6.07) is 4.07. The predicted molar refractivity (Wildman–Crippen MR) is 43.5 cm³/mol. The second-order valence-electron chi connectivity index (χ2n) is 2.13. The molecule has 0 aromatic carbocycles. The Balaban J connectivity index is 2.41.